The maximum absolute atomic E-state index is 12.2. The average molecular weight is 354 g/mol. The Balaban J connectivity index is 2.54. The van der Waals surface area contributed by atoms with Gasteiger partial charge < -0.3 is 10.1 Å². The SMILES string of the molecule is COC(=O)c1cc(Br)cnc1C1=NC(C)(C(C)C)C(=O)N1. The quantitative estimate of drug-likeness (QED) is 0.841. The number of nitrogens with zero attached hydrogens (tertiary/aromatic N) is 2. The molecule has 0 bridgehead atoms. The van der Waals surface area contributed by atoms with Gasteiger partial charge in [-0.15, -0.1) is 0 Å². The van der Waals surface area contributed by atoms with Gasteiger partial charge in [-0.3, -0.25) is 9.78 Å². The minimum Gasteiger partial charge on any atom is -0.465 e. The fourth-order valence-corrected chi connectivity index (χ4v) is 2.27. The number of esters is 1. The number of amidine groups is 1. The fraction of sp³-hybridized carbons (Fsp3) is 0.429. The van der Waals surface area contributed by atoms with E-state index in [4.69, 9.17) is 4.74 Å². The summed E-state index contributed by atoms with van der Waals surface area (Å²) in [4.78, 5) is 32.7. The smallest absolute Gasteiger partial charge is 0.340 e. The van der Waals surface area contributed by atoms with Crippen LogP contribution < -0.4 is 5.32 Å². The highest BCUT2D eigenvalue weighted by atomic mass is 79.9. The first-order valence-corrected chi connectivity index (χ1v) is 7.24. The zero-order chi connectivity index (χ0) is 15.8. The Morgan fingerprint density at radius 3 is 2.67 bits per heavy atom. The summed E-state index contributed by atoms with van der Waals surface area (Å²) < 4.78 is 5.39. The largest absolute Gasteiger partial charge is 0.465 e. The third-order valence-corrected chi connectivity index (χ3v) is 4.08. The molecule has 1 aliphatic heterocycles. The van der Waals surface area contributed by atoms with Crippen LogP contribution in [0.25, 0.3) is 0 Å². The van der Waals surface area contributed by atoms with Crippen LogP contribution in [0.4, 0.5) is 0 Å². The average Bonchev–Trinajstić information content (AvgIpc) is 2.75. The Bertz CT molecular complexity index is 642. The van der Waals surface area contributed by atoms with Gasteiger partial charge in [-0.2, -0.15) is 0 Å². The number of hydrogen-bond donors (Lipinski definition) is 1. The summed E-state index contributed by atoms with van der Waals surface area (Å²) in [6.07, 6.45) is 1.54. The van der Waals surface area contributed by atoms with Crippen molar-refractivity contribution in [3.63, 3.8) is 0 Å². The molecule has 0 spiro atoms. The molecular formula is C14H16BrN3O3. The Morgan fingerprint density at radius 1 is 1.48 bits per heavy atom. The molecular weight excluding hydrogens is 338 g/mol. The zero-order valence-electron chi connectivity index (χ0n) is 12.2. The second-order valence-corrected chi connectivity index (χ2v) is 6.17. The second-order valence-electron chi connectivity index (χ2n) is 5.26. The Hall–Kier alpha value is -1.76. The Kier molecular flexibility index (Phi) is 4.13. The van der Waals surface area contributed by atoms with Crippen molar-refractivity contribution >= 4 is 33.6 Å². The van der Waals surface area contributed by atoms with Crippen LogP contribution in [0.2, 0.25) is 0 Å². The third-order valence-electron chi connectivity index (χ3n) is 3.64. The molecule has 2 heterocycles. The molecule has 112 valence electrons. The number of methoxy groups -OCH3 is 1. The molecule has 1 unspecified atom stereocenters. The van der Waals surface area contributed by atoms with Gasteiger partial charge in [-0.1, -0.05) is 13.8 Å². The van der Waals surface area contributed by atoms with Crippen LogP contribution in [-0.2, 0) is 9.53 Å². The summed E-state index contributed by atoms with van der Waals surface area (Å²) in [7, 11) is 1.29. The Labute approximate surface area is 131 Å². The first-order valence-electron chi connectivity index (χ1n) is 6.45. The lowest BCUT2D eigenvalue weighted by Gasteiger charge is -2.21. The monoisotopic (exact) mass is 353 g/mol. The van der Waals surface area contributed by atoms with Crippen molar-refractivity contribution in [2.75, 3.05) is 7.11 Å². The molecule has 0 aromatic carbocycles. The maximum Gasteiger partial charge on any atom is 0.340 e. The summed E-state index contributed by atoms with van der Waals surface area (Å²) in [5, 5.41) is 2.71. The molecule has 2 rings (SSSR count). The van der Waals surface area contributed by atoms with Crippen LogP contribution in [0.15, 0.2) is 21.7 Å². The molecule has 21 heavy (non-hydrogen) atoms. The van der Waals surface area contributed by atoms with Crippen molar-refractivity contribution in [1.29, 1.82) is 0 Å². The molecule has 0 aliphatic carbocycles. The van der Waals surface area contributed by atoms with Crippen LogP contribution in [-0.4, -0.2) is 35.3 Å². The van der Waals surface area contributed by atoms with Crippen molar-refractivity contribution in [1.82, 2.24) is 10.3 Å². The van der Waals surface area contributed by atoms with Crippen molar-refractivity contribution < 1.29 is 14.3 Å². The molecule has 0 saturated carbocycles. The molecule has 7 heteroatoms. The van der Waals surface area contributed by atoms with Gasteiger partial charge in [0.05, 0.1) is 12.7 Å². The van der Waals surface area contributed by atoms with Gasteiger partial charge >= 0.3 is 5.97 Å². The summed E-state index contributed by atoms with van der Waals surface area (Å²) in [5.41, 5.74) is -0.306. The van der Waals surface area contributed by atoms with Gasteiger partial charge in [-0.25, -0.2) is 9.79 Å². The van der Waals surface area contributed by atoms with Crippen molar-refractivity contribution in [2.45, 2.75) is 26.3 Å². The summed E-state index contributed by atoms with van der Waals surface area (Å²) in [6, 6.07) is 1.59. The van der Waals surface area contributed by atoms with Crippen LogP contribution in [0, 0.1) is 5.92 Å². The molecule has 1 atom stereocenters. The molecule has 1 N–H and O–H groups in total. The molecule has 1 aliphatic rings. The van der Waals surface area contributed by atoms with E-state index >= 15 is 0 Å². The lowest BCUT2D eigenvalue weighted by molar-refractivity contribution is -0.124. The number of carbonyl (C=O) groups excluding carboxylic acids is 2. The van der Waals surface area contributed by atoms with E-state index in [1.54, 1.807) is 19.2 Å². The van der Waals surface area contributed by atoms with Crippen molar-refractivity contribution in [3.05, 3.63) is 28.0 Å². The summed E-state index contributed by atoms with van der Waals surface area (Å²) in [6.45, 7) is 5.60. The van der Waals surface area contributed by atoms with E-state index in [9.17, 15) is 9.59 Å². The van der Waals surface area contributed by atoms with Gasteiger partial charge in [0.25, 0.3) is 5.91 Å². The lowest BCUT2D eigenvalue weighted by Crippen LogP contribution is -2.41. The minimum absolute atomic E-state index is 0.0204. The highest BCUT2D eigenvalue weighted by Crippen LogP contribution is 2.27. The fourth-order valence-electron chi connectivity index (χ4n) is 1.94. The van der Waals surface area contributed by atoms with Crippen LogP contribution in [0.1, 0.15) is 36.8 Å². The van der Waals surface area contributed by atoms with Crippen LogP contribution in [0.3, 0.4) is 0 Å². The highest BCUT2D eigenvalue weighted by molar-refractivity contribution is 9.10. The first kappa shape index (κ1) is 15.6. The molecule has 1 aromatic rings. The minimum atomic E-state index is -0.864. The number of aliphatic imine (C=N–C) groups is 1. The Morgan fingerprint density at radius 2 is 2.14 bits per heavy atom. The van der Waals surface area contributed by atoms with Crippen LogP contribution >= 0.6 is 15.9 Å². The molecule has 0 saturated heterocycles. The van der Waals surface area contributed by atoms with E-state index in [1.807, 2.05) is 13.8 Å². The molecule has 6 nitrogen and oxygen atoms in total. The molecule has 1 amide bonds. The van der Waals surface area contributed by atoms with E-state index in [-0.39, 0.29) is 17.4 Å². The second kappa shape index (κ2) is 5.55. The van der Waals surface area contributed by atoms with E-state index in [0.29, 0.717) is 16.0 Å². The van der Waals surface area contributed by atoms with Crippen LogP contribution in [0.5, 0.6) is 0 Å². The van der Waals surface area contributed by atoms with E-state index in [0.717, 1.165) is 0 Å². The maximum atomic E-state index is 12.2. The number of ether oxygens (including phenoxy) is 1. The number of rotatable bonds is 3. The number of amides is 1. The van der Waals surface area contributed by atoms with Crippen molar-refractivity contribution in [2.24, 2.45) is 10.9 Å². The number of hydrogen-bond acceptors (Lipinski definition) is 5. The van der Waals surface area contributed by atoms with Gasteiger partial charge in [0.1, 0.15) is 11.2 Å². The summed E-state index contributed by atoms with van der Waals surface area (Å²) >= 11 is 3.26. The number of halogens is 1. The zero-order valence-corrected chi connectivity index (χ0v) is 13.8. The van der Waals surface area contributed by atoms with E-state index in [1.165, 1.54) is 7.11 Å². The third kappa shape index (κ3) is 2.70. The summed E-state index contributed by atoms with van der Waals surface area (Å²) in [5.74, 6) is -0.418. The predicted molar refractivity (Wildman–Crippen MR) is 81.2 cm³/mol. The molecule has 1 aromatic heterocycles. The normalized spacial score (nSPS) is 21.2. The number of nitrogens with one attached hydrogen (secondary N) is 1. The van der Waals surface area contributed by atoms with E-state index in [2.05, 4.69) is 31.2 Å². The number of pyridine rings is 1. The number of carbonyl (C=O) groups is 2. The molecule has 0 radical (unpaired) electrons. The number of aromatic nitrogens is 1. The van der Waals surface area contributed by atoms with Gasteiger partial charge in [0, 0.05) is 10.7 Å². The van der Waals surface area contributed by atoms with E-state index < -0.39 is 11.5 Å². The molecule has 0 fully saturated rings. The first-order chi connectivity index (χ1) is 9.79. The lowest BCUT2D eigenvalue weighted by atomic mass is 9.89. The standard InChI is InChI=1S/C14H16BrN3O3/c1-7(2)14(3)13(20)17-11(18-14)10-9(12(19)21-4)5-8(15)6-16-10/h5-7H,1-4H3,(H,17,18,20). The highest BCUT2D eigenvalue weighted by Gasteiger charge is 2.43. The van der Waals surface area contributed by atoms with Gasteiger partial charge in [0.2, 0.25) is 0 Å². The topological polar surface area (TPSA) is 80.7 Å². The predicted octanol–water partition coefficient (Wildman–Crippen LogP) is 1.92. The van der Waals surface area contributed by atoms with Crippen molar-refractivity contribution in [3.8, 4) is 0 Å². The van der Waals surface area contributed by atoms with Gasteiger partial charge in [0.15, 0.2) is 5.84 Å². The van der Waals surface area contributed by atoms with Gasteiger partial charge in [-0.05, 0) is 34.8 Å².